The molecule has 0 heterocycles. The molecule has 0 saturated heterocycles. The van der Waals surface area contributed by atoms with E-state index < -0.39 is 5.60 Å². The molecule has 3 aliphatic carbocycles. The Kier molecular flexibility index (Phi) is 6.36. The van der Waals surface area contributed by atoms with Crippen molar-refractivity contribution >= 4 is 21.7 Å². The second-order valence-corrected chi connectivity index (χ2v) is 10.1. The van der Waals surface area contributed by atoms with Gasteiger partial charge >= 0.3 is 0 Å². The Labute approximate surface area is 162 Å². The highest BCUT2D eigenvalue weighted by atomic mass is 79.9. The standard InChI is InChI=1S/C22H37BrO2/c1-3-22(25)12-5-4-8-17-16(7-6-13-22)11-14-21(2)18(17)9-10-19(21)20(24)15-23/h16-19,25H,3-15H2,1-2H3. The first-order valence-electron chi connectivity index (χ1n) is 10.7. The molecule has 3 aliphatic rings. The summed E-state index contributed by atoms with van der Waals surface area (Å²) in [7, 11) is 0. The third-order valence-corrected chi connectivity index (χ3v) is 8.96. The molecular weight excluding hydrogens is 376 g/mol. The van der Waals surface area contributed by atoms with Gasteiger partial charge in [-0.05, 0) is 74.5 Å². The molecule has 1 N–H and O–H groups in total. The van der Waals surface area contributed by atoms with Crippen LogP contribution in [0.5, 0.6) is 0 Å². The number of Topliss-reactive ketones (excluding diaryl/α,β-unsaturated/α-hetero) is 1. The maximum atomic E-state index is 12.5. The molecule has 3 fully saturated rings. The minimum absolute atomic E-state index is 0.250. The lowest BCUT2D eigenvalue weighted by Crippen LogP contribution is -2.44. The van der Waals surface area contributed by atoms with Crippen LogP contribution in [0.25, 0.3) is 0 Å². The fourth-order valence-corrected chi connectivity index (χ4v) is 7.18. The molecule has 144 valence electrons. The zero-order valence-electron chi connectivity index (χ0n) is 16.2. The summed E-state index contributed by atoms with van der Waals surface area (Å²) in [5, 5.41) is 11.3. The van der Waals surface area contributed by atoms with Crippen LogP contribution in [0.1, 0.15) is 90.9 Å². The highest BCUT2D eigenvalue weighted by molar-refractivity contribution is 9.09. The van der Waals surface area contributed by atoms with E-state index in [2.05, 4.69) is 29.8 Å². The number of ketones is 1. The molecule has 3 heteroatoms. The van der Waals surface area contributed by atoms with Crippen molar-refractivity contribution in [3.8, 4) is 0 Å². The first-order valence-corrected chi connectivity index (χ1v) is 11.9. The summed E-state index contributed by atoms with van der Waals surface area (Å²) in [5.41, 5.74) is -0.156. The maximum Gasteiger partial charge on any atom is 0.147 e. The van der Waals surface area contributed by atoms with Gasteiger partial charge in [-0.1, -0.05) is 55.5 Å². The van der Waals surface area contributed by atoms with Gasteiger partial charge in [-0.3, -0.25) is 4.79 Å². The molecule has 6 unspecified atom stereocenters. The molecule has 2 nitrogen and oxygen atoms in total. The largest absolute Gasteiger partial charge is 0.390 e. The summed E-state index contributed by atoms with van der Waals surface area (Å²) in [6.07, 6.45) is 14.0. The molecule has 3 rings (SSSR count). The van der Waals surface area contributed by atoms with E-state index in [1.165, 1.54) is 51.4 Å². The van der Waals surface area contributed by atoms with Crippen molar-refractivity contribution in [2.75, 3.05) is 5.33 Å². The Hall–Kier alpha value is 0.110. The van der Waals surface area contributed by atoms with Crippen LogP contribution in [-0.2, 0) is 4.79 Å². The van der Waals surface area contributed by atoms with Gasteiger partial charge < -0.3 is 5.11 Å². The Morgan fingerprint density at radius 3 is 2.52 bits per heavy atom. The van der Waals surface area contributed by atoms with Gasteiger partial charge in [0.15, 0.2) is 0 Å². The maximum absolute atomic E-state index is 12.5. The Morgan fingerprint density at radius 1 is 1.04 bits per heavy atom. The molecule has 0 spiro atoms. The molecule has 3 saturated carbocycles. The number of carbonyl (C=O) groups is 1. The topological polar surface area (TPSA) is 37.3 Å². The second kappa shape index (κ2) is 8.00. The van der Waals surface area contributed by atoms with Crippen LogP contribution in [0.15, 0.2) is 0 Å². The molecular formula is C22H37BrO2. The first-order chi connectivity index (χ1) is 11.9. The lowest BCUT2D eigenvalue weighted by Gasteiger charge is -2.49. The van der Waals surface area contributed by atoms with Crippen LogP contribution in [-0.4, -0.2) is 21.8 Å². The van der Waals surface area contributed by atoms with Crippen molar-refractivity contribution in [2.24, 2.45) is 29.1 Å². The number of hydrogen-bond donors (Lipinski definition) is 1. The van der Waals surface area contributed by atoms with Crippen LogP contribution in [0, 0.1) is 29.1 Å². The minimum Gasteiger partial charge on any atom is -0.390 e. The number of fused-ring (bicyclic) bond motifs is 3. The van der Waals surface area contributed by atoms with Crippen LogP contribution < -0.4 is 0 Å². The molecule has 6 atom stereocenters. The van der Waals surface area contributed by atoms with Crippen molar-refractivity contribution < 1.29 is 9.90 Å². The number of carbonyl (C=O) groups excluding carboxylic acids is 1. The second-order valence-electron chi connectivity index (χ2n) is 9.52. The number of halogens is 1. The normalized spacial score (nSPS) is 45.4. The molecule has 25 heavy (non-hydrogen) atoms. The number of hydrogen-bond acceptors (Lipinski definition) is 2. The van der Waals surface area contributed by atoms with E-state index in [1.807, 2.05) is 0 Å². The summed E-state index contributed by atoms with van der Waals surface area (Å²) in [4.78, 5) is 12.5. The Morgan fingerprint density at radius 2 is 1.80 bits per heavy atom. The quantitative estimate of drug-likeness (QED) is 0.586. The van der Waals surface area contributed by atoms with E-state index in [1.54, 1.807) is 0 Å². The van der Waals surface area contributed by atoms with E-state index in [-0.39, 0.29) is 5.41 Å². The summed E-state index contributed by atoms with van der Waals surface area (Å²) in [6, 6.07) is 0. The van der Waals surface area contributed by atoms with Crippen molar-refractivity contribution in [3.63, 3.8) is 0 Å². The van der Waals surface area contributed by atoms with Gasteiger partial charge in [0, 0.05) is 5.92 Å². The monoisotopic (exact) mass is 412 g/mol. The average molecular weight is 413 g/mol. The molecule has 0 aliphatic heterocycles. The predicted molar refractivity (Wildman–Crippen MR) is 107 cm³/mol. The van der Waals surface area contributed by atoms with E-state index in [9.17, 15) is 9.90 Å². The molecule has 0 aromatic carbocycles. The SMILES string of the molecule is CCC1(O)CCCCC2C(CCC1)CCC1(C)C(C(=O)CBr)CCC21. The first kappa shape index (κ1) is 19.9. The fraction of sp³-hybridized carbons (Fsp3) is 0.955. The summed E-state index contributed by atoms with van der Waals surface area (Å²) in [6.45, 7) is 4.57. The summed E-state index contributed by atoms with van der Waals surface area (Å²) < 4.78 is 0. The van der Waals surface area contributed by atoms with Crippen LogP contribution >= 0.6 is 15.9 Å². The smallest absolute Gasteiger partial charge is 0.147 e. The van der Waals surface area contributed by atoms with Crippen LogP contribution in [0.3, 0.4) is 0 Å². The Bertz CT molecular complexity index is 479. The lowest BCUT2D eigenvalue weighted by atomic mass is 9.56. The van der Waals surface area contributed by atoms with E-state index >= 15 is 0 Å². The van der Waals surface area contributed by atoms with E-state index in [0.717, 1.165) is 43.4 Å². The molecule has 0 amide bonds. The number of rotatable bonds is 3. The van der Waals surface area contributed by atoms with Gasteiger partial charge in [-0.25, -0.2) is 0 Å². The van der Waals surface area contributed by atoms with E-state index in [4.69, 9.17) is 0 Å². The Balaban J connectivity index is 1.73. The van der Waals surface area contributed by atoms with Crippen molar-refractivity contribution in [1.29, 1.82) is 0 Å². The number of alkyl halides is 1. The third kappa shape index (κ3) is 3.88. The molecule has 0 aromatic rings. The van der Waals surface area contributed by atoms with Gasteiger partial charge in [0.1, 0.15) is 5.78 Å². The predicted octanol–water partition coefficient (Wildman–Crippen LogP) is 5.89. The minimum atomic E-state index is -0.406. The van der Waals surface area contributed by atoms with Crippen molar-refractivity contribution in [1.82, 2.24) is 0 Å². The van der Waals surface area contributed by atoms with Gasteiger partial charge in [0.25, 0.3) is 0 Å². The lowest BCUT2D eigenvalue weighted by molar-refractivity contribution is -0.125. The highest BCUT2D eigenvalue weighted by Gasteiger charge is 2.55. The van der Waals surface area contributed by atoms with Gasteiger partial charge in [-0.15, -0.1) is 0 Å². The van der Waals surface area contributed by atoms with Gasteiger partial charge in [-0.2, -0.15) is 0 Å². The fourth-order valence-electron chi connectivity index (χ4n) is 6.79. The molecule has 0 bridgehead atoms. The summed E-state index contributed by atoms with van der Waals surface area (Å²) in [5.74, 6) is 3.13. The highest BCUT2D eigenvalue weighted by Crippen LogP contribution is 2.61. The third-order valence-electron chi connectivity index (χ3n) is 8.41. The van der Waals surface area contributed by atoms with Crippen molar-refractivity contribution in [3.05, 3.63) is 0 Å². The number of aliphatic hydroxyl groups is 1. The van der Waals surface area contributed by atoms with Gasteiger partial charge in [0.05, 0.1) is 10.9 Å². The van der Waals surface area contributed by atoms with Crippen LogP contribution in [0.4, 0.5) is 0 Å². The van der Waals surface area contributed by atoms with E-state index in [0.29, 0.717) is 17.0 Å². The average Bonchev–Trinajstić information content (AvgIpc) is 2.96. The van der Waals surface area contributed by atoms with Crippen LogP contribution in [0.2, 0.25) is 0 Å². The summed E-state index contributed by atoms with van der Waals surface area (Å²) >= 11 is 3.42. The zero-order valence-corrected chi connectivity index (χ0v) is 17.8. The van der Waals surface area contributed by atoms with Crippen molar-refractivity contribution in [2.45, 2.75) is 96.5 Å². The molecule has 0 aromatic heterocycles. The van der Waals surface area contributed by atoms with Gasteiger partial charge in [0.2, 0.25) is 0 Å². The molecule has 0 radical (unpaired) electrons. The zero-order chi connectivity index (χ0) is 18.1.